The molecule has 12 nitrogen and oxygen atoms in total. The first kappa shape index (κ1) is 42.7. The smallest absolute Gasteiger partial charge is 0.408 e. The Labute approximate surface area is 329 Å². The first-order valence-electron chi connectivity index (χ1n) is 18.8. The van der Waals surface area contributed by atoms with E-state index in [1.165, 1.54) is 0 Å². The summed E-state index contributed by atoms with van der Waals surface area (Å²) in [5.74, 6) is 3.20. The van der Waals surface area contributed by atoms with Crippen molar-refractivity contribution < 1.29 is 28.7 Å². The van der Waals surface area contributed by atoms with Crippen LogP contribution in [0, 0.1) is 5.92 Å². The van der Waals surface area contributed by atoms with Crippen molar-refractivity contribution in [2.45, 2.75) is 89.6 Å². The van der Waals surface area contributed by atoms with Crippen molar-refractivity contribution in [2.75, 3.05) is 0 Å². The van der Waals surface area contributed by atoms with Gasteiger partial charge in [0.25, 0.3) is 5.91 Å². The van der Waals surface area contributed by atoms with Gasteiger partial charge in [-0.3, -0.25) is 24.6 Å². The van der Waals surface area contributed by atoms with Gasteiger partial charge in [0.05, 0.1) is 0 Å². The van der Waals surface area contributed by atoms with E-state index in [9.17, 15) is 24.0 Å². The summed E-state index contributed by atoms with van der Waals surface area (Å²) in [7, 11) is 0. The third-order valence-electron chi connectivity index (χ3n) is 9.01. The zero-order valence-electron chi connectivity index (χ0n) is 32.7. The number of rotatable bonds is 17. The molecule has 0 saturated heterocycles. The van der Waals surface area contributed by atoms with Crippen LogP contribution in [0.2, 0.25) is 0 Å². The number of hydrogen-bond acceptors (Lipinski definition) is 7. The van der Waals surface area contributed by atoms with Crippen LogP contribution in [0.3, 0.4) is 0 Å². The van der Waals surface area contributed by atoms with Crippen LogP contribution in [0.15, 0.2) is 121 Å². The van der Waals surface area contributed by atoms with Crippen LogP contribution in [-0.2, 0) is 35.9 Å². The molecule has 4 aromatic rings. The number of nitrogens with one attached hydrogen (secondary N) is 5. The van der Waals surface area contributed by atoms with Crippen molar-refractivity contribution in [3.63, 3.8) is 0 Å². The maximum absolute atomic E-state index is 14.0. The summed E-state index contributed by atoms with van der Waals surface area (Å²) in [6.45, 7) is 8.96. The van der Waals surface area contributed by atoms with E-state index in [0.717, 1.165) is 22.3 Å². The van der Waals surface area contributed by atoms with Gasteiger partial charge in [0.1, 0.15) is 29.3 Å². The van der Waals surface area contributed by atoms with Crippen molar-refractivity contribution in [2.24, 2.45) is 11.8 Å². The van der Waals surface area contributed by atoms with Crippen LogP contribution in [0.5, 0.6) is 0 Å². The van der Waals surface area contributed by atoms with Crippen molar-refractivity contribution in [3.8, 4) is 0 Å². The van der Waals surface area contributed by atoms with Gasteiger partial charge >= 0.3 is 6.09 Å². The molecule has 0 heterocycles. The van der Waals surface area contributed by atoms with E-state index in [1.54, 1.807) is 32.9 Å². The first-order valence-corrected chi connectivity index (χ1v) is 18.8. The van der Waals surface area contributed by atoms with E-state index >= 15 is 0 Å². The zero-order valence-corrected chi connectivity index (χ0v) is 32.7. The molecule has 0 aliphatic heterocycles. The molecule has 56 heavy (non-hydrogen) atoms. The van der Waals surface area contributed by atoms with Gasteiger partial charge in [-0.2, -0.15) is 0 Å². The van der Waals surface area contributed by atoms with E-state index in [1.807, 2.05) is 123 Å². The fraction of sp³-hybridized carbons (Fsp3) is 0.341. The van der Waals surface area contributed by atoms with Crippen molar-refractivity contribution >= 4 is 29.7 Å². The Balaban J connectivity index is 1.58. The van der Waals surface area contributed by atoms with Crippen molar-refractivity contribution in [1.29, 1.82) is 0 Å². The van der Waals surface area contributed by atoms with Crippen molar-refractivity contribution in [1.82, 2.24) is 26.7 Å². The summed E-state index contributed by atoms with van der Waals surface area (Å²) in [5.41, 5.74) is 3.44. The number of hydrogen-bond donors (Lipinski definition) is 6. The van der Waals surface area contributed by atoms with E-state index in [2.05, 4.69) is 26.7 Å². The molecule has 0 aliphatic rings. The summed E-state index contributed by atoms with van der Waals surface area (Å²) < 4.78 is 5.39. The molecule has 0 aromatic heterocycles. The molecule has 0 saturated carbocycles. The van der Waals surface area contributed by atoms with Crippen LogP contribution in [0.4, 0.5) is 4.79 Å². The largest absolute Gasteiger partial charge is 0.444 e. The molecule has 12 heteroatoms. The Morgan fingerprint density at radius 3 is 1.50 bits per heavy atom. The minimum Gasteiger partial charge on any atom is -0.444 e. The number of benzene rings is 4. The standard InChI is InChI=1S/C44H54N6O6/c1-30(2)28-36(48-42(55)56-43(3,4)5)39(52)47-37(29-31-18-10-6-11-19-31)40(53)46-35(41(54)50-45)26-27-38(51)49-44(32-20-12-7-13-21-32,33-22-14-8-15-23-33)34-24-16-9-17-25-34/h6-25,30,35-37H,26-29,45H2,1-5H3,(H,46,53)(H,47,52)(H,48,55)(H,49,51)(H,50,54)/t35-,36-,37-/m1/s1. The fourth-order valence-corrected chi connectivity index (χ4v) is 6.45. The predicted octanol–water partition coefficient (Wildman–Crippen LogP) is 5.02. The average Bonchev–Trinajstić information content (AvgIpc) is 3.18. The molecule has 3 atom stereocenters. The van der Waals surface area contributed by atoms with Crippen LogP contribution < -0.4 is 32.5 Å². The summed E-state index contributed by atoms with van der Waals surface area (Å²) in [6.07, 6.45) is -0.703. The molecular formula is C44H54N6O6. The molecule has 0 aliphatic carbocycles. The lowest BCUT2D eigenvalue weighted by molar-refractivity contribution is -0.133. The van der Waals surface area contributed by atoms with Gasteiger partial charge in [-0.05, 0) is 61.8 Å². The fourth-order valence-electron chi connectivity index (χ4n) is 6.45. The molecule has 4 rings (SSSR count). The second kappa shape index (κ2) is 20.1. The van der Waals surface area contributed by atoms with Gasteiger partial charge in [0.15, 0.2) is 0 Å². The van der Waals surface area contributed by atoms with Gasteiger partial charge in [0.2, 0.25) is 17.7 Å². The number of carbonyl (C=O) groups is 5. The van der Waals surface area contributed by atoms with E-state index in [4.69, 9.17) is 10.6 Å². The van der Waals surface area contributed by atoms with Crippen LogP contribution >= 0.6 is 0 Å². The second-order valence-corrected chi connectivity index (χ2v) is 15.1. The molecule has 296 valence electrons. The summed E-state index contributed by atoms with van der Waals surface area (Å²) >= 11 is 0. The van der Waals surface area contributed by atoms with E-state index in [-0.39, 0.29) is 37.5 Å². The number of nitrogens with two attached hydrogens (primary N) is 1. The van der Waals surface area contributed by atoms with Crippen LogP contribution in [0.1, 0.15) is 76.1 Å². The molecule has 5 amide bonds. The monoisotopic (exact) mass is 762 g/mol. The molecule has 0 unspecified atom stereocenters. The molecule has 0 fully saturated rings. The molecule has 7 N–H and O–H groups in total. The predicted molar refractivity (Wildman–Crippen MR) is 216 cm³/mol. The topological polar surface area (TPSA) is 181 Å². The SMILES string of the molecule is CC(C)C[C@@H](NC(=O)OC(C)(C)C)C(=O)N[C@H](Cc1ccccc1)C(=O)N[C@H](CCC(=O)NC(c1ccccc1)(c1ccccc1)c1ccccc1)C(=O)NN. The van der Waals surface area contributed by atoms with E-state index in [0.29, 0.717) is 0 Å². The highest BCUT2D eigenvalue weighted by atomic mass is 16.6. The molecule has 0 spiro atoms. The van der Waals surface area contributed by atoms with Gasteiger partial charge in [-0.1, -0.05) is 135 Å². The maximum atomic E-state index is 14.0. The third-order valence-corrected chi connectivity index (χ3v) is 9.01. The summed E-state index contributed by atoms with van der Waals surface area (Å²) in [4.78, 5) is 67.7. The zero-order chi connectivity index (χ0) is 40.7. The minimum atomic E-state index is -1.24. The lowest BCUT2D eigenvalue weighted by Gasteiger charge is -2.37. The molecule has 0 radical (unpaired) electrons. The normalized spacial score (nSPS) is 13.1. The first-order chi connectivity index (χ1) is 26.7. The quantitative estimate of drug-likeness (QED) is 0.0378. The Morgan fingerprint density at radius 2 is 1.05 bits per heavy atom. The highest BCUT2D eigenvalue weighted by Crippen LogP contribution is 2.37. The number of hydrazine groups is 1. The summed E-state index contributed by atoms with van der Waals surface area (Å²) in [5, 5.41) is 11.4. The van der Waals surface area contributed by atoms with Gasteiger partial charge in [-0.15, -0.1) is 0 Å². The third kappa shape index (κ3) is 12.3. The Hall–Kier alpha value is -6.01. The lowest BCUT2D eigenvalue weighted by Crippen LogP contribution is -2.58. The maximum Gasteiger partial charge on any atom is 0.408 e. The van der Waals surface area contributed by atoms with Gasteiger partial charge in [-0.25, -0.2) is 10.6 Å². The van der Waals surface area contributed by atoms with E-state index < -0.39 is 53.1 Å². The Bertz CT molecular complexity index is 1790. The molecular weight excluding hydrogens is 709 g/mol. The van der Waals surface area contributed by atoms with Crippen LogP contribution in [0.25, 0.3) is 0 Å². The number of alkyl carbamates (subject to hydrolysis) is 1. The number of carbonyl (C=O) groups excluding carboxylic acids is 5. The highest BCUT2D eigenvalue weighted by molar-refractivity contribution is 5.94. The number of amides is 5. The lowest BCUT2D eigenvalue weighted by atomic mass is 9.77. The summed E-state index contributed by atoms with van der Waals surface area (Å²) in [6, 6.07) is 34.5. The number of ether oxygens (including phenoxy) is 1. The average molecular weight is 763 g/mol. The highest BCUT2D eigenvalue weighted by Gasteiger charge is 2.38. The molecule has 0 bridgehead atoms. The second-order valence-electron chi connectivity index (χ2n) is 15.1. The van der Waals surface area contributed by atoms with Gasteiger partial charge < -0.3 is 26.0 Å². The minimum absolute atomic E-state index is 0.00951. The Kier molecular flexibility index (Phi) is 15.3. The van der Waals surface area contributed by atoms with Crippen LogP contribution in [-0.4, -0.2) is 53.4 Å². The Morgan fingerprint density at radius 1 is 0.607 bits per heavy atom. The molecule has 4 aromatic carbocycles. The van der Waals surface area contributed by atoms with Crippen molar-refractivity contribution in [3.05, 3.63) is 144 Å². The van der Waals surface area contributed by atoms with Gasteiger partial charge in [0, 0.05) is 12.8 Å².